The fraction of sp³-hybridized carbons (Fsp3) is 1.00. The number of rotatable bonds is 18. The first-order valence-corrected chi connectivity index (χ1v) is 12.0. The molecule has 0 saturated heterocycles. The van der Waals surface area contributed by atoms with Crippen LogP contribution in [-0.4, -0.2) is 29.4 Å². The summed E-state index contributed by atoms with van der Waals surface area (Å²) >= 11 is 0. The number of hydrogen-bond acceptors (Lipinski definition) is 3. The highest BCUT2D eigenvalue weighted by molar-refractivity contribution is 7.86. The number of aliphatic hydroxyl groups excluding tert-OH is 1. The van der Waals surface area contributed by atoms with Crippen molar-refractivity contribution >= 4 is 10.1 Å². The molecule has 2 N–H and O–H groups in total. The molecular weight excluding hydrogens is 336 g/mol. The molecule has 0 saturated carbocycles. The molecule has 0 amide bonds. The molecule has 0 radical (unpaired) electrons. The third kappa shape index (κ3) is 17.1. The van der Waals surface area contributed by atoms with E-state index in [0.29, 0.717) is 6.42 Å². The van der Waals surface area contributed by atoms with Crippen molar-refractivity contribution in [1.82, 2.24) is 0 Å². The highest BCUT2D eigenvalue weighted by Crippen LogP contribution is 2.15. The third-order valence-electron chi connectivity index (χ3n) is 5.13. The summed E-state index contributed by atoms with van der Waals surface area (Å²) in [5.74, 6) is 0. The Kier molecular flexibility index (Phi) is 16.0. The standard InChI is InChI=1S/C20H42O4S/c1-3-20(21)18-16-14-12-10-8-6-4-5-7-9-11-13-15-17-19(2)25(22,23)24/h19-21H,3-18H2,1-2H3,(H,22,23,24). The summed E-state index contributed by atoms with van der Waals surface area (Å²) in [6, 6.07) is 0. The van der Waals surface area contributed by atoms with Gasteiger partial charge in [0.15, 0.2) is 0 Å². The van der Waals surface area contributed by atoms with Crippen LogP contribution in [0.1, 0.15) is 117 Å². The van der Waals surface area contributed by atoms with Crippen LogP contribution in [0, 0.1) is 0 Å². The van der Waals surface area contributed by atoms with E-state index in [4.69, 9.17) is 4.55 Å². The maximum absolute atomic E-state index is 10.9. The van der Waals surface area contributed by atoms with Gasteiger partial charge in [-0.05, 0) is 26.2 Å². The van der Waals surface area contributed by atoms with E-state index in [1.807, 2.05) is 6.92 Å². The zero-order chi connectivity index (χ0) is 19.0. The van der Waals surface area contributed by atoms with Gasteiger partial charge in [-0.3, -0.25) is 4.55 Å². The van der Waals surface area contributed by atoms with Gasteiger partial charge in [0.1, 0.15) is 0 Å². The molecule has 0 aromatic heterocycles. The Hall–Kier alpha value is -0.130. The molecule has 25 heavy (non-hydrogen) atoms. The summed E-state index contributed by atoms with van der Waals surface area (Å²) in [4.78, 5) is 0. The summed E-state index contributed by atoms with van der Waals surface area (Å²) in [5, 5.41) is 8.85. The Labute approximate surface area is 156 Å². The predicted molar refractivity (Wildman–Crippen MR) is 107 cm³/mol. The Balaban J connectivity index is 3.17. The average molecular weight is 379 g/mol. The molecule has 4 nitrogen and oxygen atoms in total. The lowest BCUT2D eigenvalue weighted by molar-refractivity contribution is 0.156. The van der Waals surface area contributed by atoms with Crippen molar-refractivity contribution in [3.8, 4) is 0 Å². The first-order valence-electron chi connectivity index (χ1n) is 10.5. The van der Waals surface area contributed by atoms with Gasteiger partial charge in [-0.2, -0.15) is 8.42 Å². The SMILES string of the molecule is CCC(O)CCCCCCCCCCCCCCCC(C)S(=O)(=O)O. The lowest BCUT2D eigenvalue weighted by Crippen LogP contribution is -2.16. The predicted octanol–water partition coefficient (Wildman–Crippen LogP) is 5.89. The summed E-state index contributed by atoms with van der Waals surface area (Å²) in [6.07, 6.45) is 18.3. The first kappa shape index (κ1) is 24.9. The Morgan fingerprint density at radius 2 is 1.00 bits per heavy atom. The Morgan fingerprint density at radius 3 is 1.32 bits per heavy atom. The molecule has 0 rings (SSSR count). The monoisotopic (exact) mass is 378 g/mol. The van der Waals surface area contributed by atoms with Crippen LogP contribution in [0.3, 0.4) is 0 Å². The molecule has 0 spiro atoms. The second-order valence-corrected chi connectivity index (χ2v) is 9.40. The average Bonchev–Trinajstić information content (AvgIpc) is 2.56. The van der Waals surface area contributed by atoms with E-state index >= 15 is 0 Å². The van der Waals surface area contributed by atoms with Crippen LogP contribution in [0.4, 0.5) is 0 Å². The van der Waals surface area contributed by atoms with Gasteiger partial charge in [-0.25, -0.2) is 0 Å². The van der Waals surface area contributed by atoms with Crippen molar-refractivity contribution in [2.75, 3.05) is 0 Å². The molecule has 0 fully saturated rings. The van der Waals surface area contributed by atoms with Gasteiger partial charge in [-0.15, -0.1) is 0 Å². The number of unbranched alkanes of at least 4 members (excludes halogenated alkanes) is 12. The highest BCUT2D eigenvalue weighted by atomic mass is 32.2. The van der Waals surface area contributed by atoms with Crippen molar-refractivity contribution in [2.45, 2.75) is 128 Å². The quantitative estimate of drug-likeness (QED) is 0.230. The normalized spacial score (nSPS) is 14.6. The molecule has 2 atom stereocenters. The molecule has 2 unspecified atom stereocenters. The molecule has 5 heteroatoms. The Morgan fingerprint density at radius 1 is 0.680 bits per heavy atom. The van der Waals surface area contributed by atoms with E-state index < -0.39 is 15.4 Å². The fourth-order valence-electron chi connectivity index (χ4n) is 3.11. The summed E-state index contributed by atoms with van der Waals surface area (Å²) in [7, 11) is -3.84. The first-order chi connectivity index (χ1) is 11.9. The minimum atomic E-state index is -3.84. The van der Waals surface area contributed by atoms with Crippen LogP contribution < -0.4 is 0 Å². The summed E-state index contributed by atoms with van der Waals surface area (Å²) in [6.45, 7) is 3.61. The van der Waals surface area contributed by atoms with Crippen LogP contribution in [0.15, 0.2) is 0 Å². The zero-order valence-corrected chi connectivity index (χ0v) is 17.4. The maximum atomic E-state index is 10.9. The lowest BCUT2D eigenvalue weighted by atomic mass is 10.0. The molecule has 0 aliphatic rings. The van der Waals surface area contributed by atoms with Crippen molar-refractivity contribution in [3.63, 3.8) is 0 Å². The summed E-state index contributed by atoms with van der Waals surface area (Å²) < 4.78 is 30.6. The van der Waals surface area contributed by atoms with Gasteiger partial charge in [0.2, 0.25) is 0 Å². The molecule has 152 valence electrons. The van der Waals surface area contributed by atoms with Crippen LogP contribution in [0.25, 0.3) is 0 Å². The molecule has 0 heterocycles. The second-order valence-electron chi connectivity index (χ2n) is 7.56. The van der Waals surface area contributed by atoms with E-state index in [0.717, 1.165) is 32.1 Å². The van der Waals surface area contributed by atoms with Crippen molar-refractivity contribution in [1.29, 1.82) is 0 Å². The van der Waals surface area contributed by atoms with Gasteiger partial charge in [0.25, 0.3) is 10.1 Å². The highest BCUT2D eigenvalue weighted by Gasteiger charge is 2.15. The Bertz CT molecular complexity index is 381. The van der Waals surface area contributed by atoms with Crippen LogP contribution >= 0.6 is 0 Å². The molecule has 0 aromatic rings. The van der Waals surface area contributed by atoms with Gasteiger partial charge in [0, 0.05) is 0 Å². The second kappa shape index (κ2) is 16.1. The van der Waals surface area contributed by atoms with E-state index in [9.17, 15) is 13.5 Å². The van der Waals surface area contributed by atoms with E-state index in [1.54, 1.807) is 6.92 Å². The van der Waals surface area contributed by atoms with Gasteiger partial charge in [-0.1, -0.05) is 90.4 Å². The minimum Gasteiger partial charge on any atom is -0.393 e. The molecule has 0 aliphatic carbocycles. The van der Waals surface area contributed by atoms with E-state index in [1.165, 1.54) is 64.2 Å². The topological polar surface area (TPSA) is 74.6 Å². The largest absolute Gasteiger partial charge is 0.393 e. The van der Waals surface area contributed by atoms with E-state index in [2.05, 4.69) is 0 Å². The van der Waals surface area contributed by atoms with Crippen LogP contribution in [-0.2, 0) is 10.1 Å². The summed E-state index contributed by atoms with van der Waals surface area (Å²) in [5.41, 5.74) is 0. The fourth-order valence-corrected chi connectivity index (χ4v) is 3.57. The van der Waals surface area contributed by atoms with Crippen molar-refractivity contribution in [2.24, 2.45) is 0 Å². The number of hydrogen-bond donors (Lipinski definition) is 2. The maximum Gasteiger partial charge on any atom is 0.267 e. The molecule has 0 aliphatic heterocycles. The van der Waals surface area contributed by atoms with Gasteiger partial charge >= 0.3 is 0 Å². The molecular formula is C20H42O4S. The van der Waals surface area contributed by atoms with Crippen LogP contribution in [0.5, 0.6) is 0 Å². The molecule has 0 aromatic carbocycles. The van der Waals surface area contributed by atoms with Crippen molar-refractivity contribution in [3.05, 3.63) is 0 Å². The molecule has 0 bridgehead atoms. The smallest absolute Gasteiger partial charge is 0.267 e. The van der Waals surface area contributed by atoms with E-state index in [-0.39, 0.29) is 6.10 Å². The lowest BCUT2D eigenvalue weighted by Gasteiger charge is -2.07. The zero-order valence-electron chi connectivity index (χ0n) is 16.6. The number of aliphatic hydroxyl groups is 1. The van der Waals surface area contributed by atoms with Gasteiger partial charge in [0.05, 0.1) is 11.4 Å². The minimum absolute atomic E-state index is 0.0916. The van der Waals surface area contributed by atoms with Gasteiger partial charge < -0.3 is 5.11 Å². The van der Waals surface area contributed by atoms with Crippen LogP contribution in [0.2, 0.25) is 0 Å². The third-order valence-corrected chi connectivity index (χ3v) is 6.38. The van der Waals surface area contributed by atoms with Crippen molar-refractivity contribution < 1.29 is 18.1 Å².